The van der Waals surface area contributed by atoms with Crippen molar-refractivity contribution in [3.63, 3.8) is 0 Å². The van der Waals surface area contributed by atoms with Gasteiger partial charge in [-0.05, 0) is 20.8 Å². The summed E-state index contributed by atoms with van der Waals surface area (Å²) in [6.07, 6.45) is 0. The standard InChI is InChI=1S/C12H19N3O5/c1-4-20-11(18)7-14(8(2)3)10(17)6-15-9(16)5-13-12(15)19/h8H,4-7H2,1-3H3,(H,13,19). The van der Waals surface area contributed by atoms with Gasteiger partial charge in [0.1, 0.15) is 13.1 Å². The summed E-state index contributed by atoms with van der Waals surface area (Å²) in [7, 11) is 0. The number of amides is 4. The molecule has 1 saturated heterocycles. The van der Waals surface area contributed by atoms with Gasteiger partial charge in [0.25, 0.3) is 5.91 Å². The van der Waals surface area contributed by atoms with Crippen molar-refractivity contribution in [3.8, 4) is 0 Å². The molecule has 1 fully saturated rings. The van der Waals surface area contributed by atoms with E-state index in [1.807, 2.05) is 0 Å². The van der Waals surface area contributed by atoms with Crippen molar-refractivity contribution in [2.45, 2.75) is 26.8 Å². The molecule has 8 heteroatoms. The van der Waals surface area contributed by atoms with Gasteiger partial charge in [-0.15, -0.1) is 0 Å². The Labute approximate surface area is 117 Å². The third-order valence-electron chi connectivity index (χ3n) is 2.78. The lowest BCUT2D eigenvalue weighted by atomic mass is 10.3. The average Bonchev–Trinajstić information content (AvgIpc) is 2.67. The van der Waals surface area contributed by atoms with Gasteiger partial charge in [-0.25, -0.2) is 4.79 Å². The first-order valence-corrected chi connectivity index (χ1v) is 6.40. The normalized spacial score (nSPS) is 14.5. The summed E-state index contributed by atoms with van der Waals surface area (Å²) in [5, 5.41) is 2.33. The van der Waals surface area contributed by atoms with E-state index in [1.165, 1.54) is 4.90 Å². The minimum atomic E-state index is -0.594. The largest absolute Gasteiger partial charge is 0.465 e. The summed E-state index contributed by atoms with van der Waals surface area (Å²) in [6.45, 7) is 4.70. The number of nitrogens with zero attached hydrogens (tertiary/aromatic N) is 2. The maximum Gasteiger partial charge on any atom is 0.325 e. The molecule has 0 saturated carbocycles. The summed E-state index contributed by atoms with van der Waals surface area (Å²) >= 11 is 0. The highest BCUT2D eigenvalue weighted by molar-refractivity contribution is 6.04. The quantitative estimate of drug-likeness (QED) is 0.516. The molecule has 1 heterocycles. The molecular weight excluding hydrogens is 266 g/mol. The molecule has 0 spiro atoms. The molecular formula is C12H19N3O5. The third-order valence-corrected chi connectivity index (χ3v) is 2.78. The van der Waals surface area contributed by atoms with Crippen LogP contribution in [0.3, 0.4) is 0 Å². The molecule has 0 bridgehead atoms. The van der Waals surface area contributed by atoms with E-state index in [2.05, 4.69) is 5.32 Å². The molecule has 1 N–H and O–H groups in total. The Balaban J connectivity index is 2.67. The number of carbonyl (C=O) groups is 4. The molecule has 0 aromatic rings. The van der Waals surface area contributed by atoms with Crippen LogP contribution in [0.25, 0.3) is 0 Å². The fraction of sp³-hybridized carbons (Fsp3) is 0.667. The smallest absolute Gasteiger partial charge is 0.325 e. The number of nitrogens with one attached hydrogen (secondary N) is 1. The van der Waals surface area contributed by atoms with Gasteiger partial charge >= 0.3 is 12.0 Å². The second-order valence-electron chi connectivity index (χ2n) is 4.56. The summed E-state index contributed by atoms with van der Waals surface area (Å²) < 4.78 is 4.79. The maximum absolute atomic E-state index is 12.1. The van der Waals surface area contributed by atoms with Gasteiger partial charge < -0.3 is 15.0 Å². The van der Waals surface area contributed by atoms with Crippen LogP contribution in [0.4, 0.5) is 4.79 Å². The van der Waals surface area contributed by atoms with Crippen LogP contribution in [0.15, 0.2) is 0 Å². The number of esters is 1. The van der Waals surface area contributed by atoms with E-state index in [9.17, 15) is 19.2 Å². The Morgan fingerprint density at radius 2 is 2.05 bits per heavy atom. The van der Waals surface area contributed by atoms with E-state index in [1.54, 1.807) is 20.8 Å². The molecule has 0 radical (unpaired) electrons. The zero-order chi connectivity index (χ0) is 15.3. The predicted octanol–water partition coefficient (Wildman–Crippen LogP) is -0.662. The number of urea groups is 1. The van der Waals surface area contributed by atoms with Crippen molar-refractivity contribution in [2.75, 3.05) is 26.2 Å². The highest BCUT2D eigenvalue weighted by atomic mass is 16.5. The van der Waals surface area contributed by atoms with E-state index in [0.717, 1.165) is 4.90 Å². The van der Waals surface area contributed by atoms with Gasteiger partial charge in [-0.3, -0.25) is 19.3 Å². The molecule has 8 nitrogen and oxygen atoms in total. The van der Waals surface area contributed by atoms with E-state index in [4.69, 9.17) is 4.74 Å². The Morgan fingerprint density at radius 3 is 2.50 bits per heavy atom. The Morgan fingerprint density at radius 1 is 1.40 bits per heavy atom. The van der Waals surface area contributed by atoms with Crippen molar-refractivity contribution in [1.29, 1.82) is 0 Å². The Hall–Kier alpha value is -2.12. The summed E-state index contributed by atoms with van der Waals surface area (Å²) in [4.78, 5) is 48.5. The van der Waals surface area contributed by atoms with E-state index >= 15 is 0 Å². The van der Waals surface area contributed by atoms with Crippen molar-refractivity contribution in [2.24, 2.45) is 0 Å². The molecule has 4 amide bonds. The molecule has 20 heavy (non-hydrogen) atoms. The summed E-state index contributed by atoms with van der Waals surface area (Å²) in [5.74, 6) is -1.45. The van der Waals surface area contributed by atoms with Crippen LogP contribution in [-0.2, 0) is 19.1 Å². The Bertz CT molecular complexity index is 405. The highest BCUT2D eigenvalue weighted by Gasteiger charge is 2.32. The highest BCUT2D eigenvalue weighted by Crippen LogP contribution is 2.05. The first kappa shape index (κ1) is 15.9. The fourth-order valence-corrected chi connectivity index (χ4v) is 1.75. The van der Waals surface area contributed by atoms with E-state index in [0.29, 0.717) is 0 Å². The molecule has 1 aliphatic heterocycles. The van der Waals surface area contributed by atoms with Crippen LogP contribution < -0.4 is 5.32 Å². The topological polar surface area (TPSA) is 96.0 Å². The fourth-order valence-electron chi connectivity index (χ4n) is 1.75. The zero-order valence-electron chi connectivity index (χ0n) is 11.8. The zero-order valence-corrected chi connectivity index (χ0v) is 11.8. The predicted molar refractivity (Wildman–Crippen MR) is 68.6 cm³/mol. The number of rotatable bonds is 6. The molecule has 1 aliphatic rings. The van der Waals surface area contributed by atoms with Crippen LogP contribution in [0, 0.1) is 0 Å². The molecule has 0 unspecified atom stereocenters. The molecule has 0 aromatic heterocycles. The van der Waals surface area contributed by atoms with Crippen LogP contribution in [0.1, 0.15) is 20.8 Å². The first-order chi connectivity index (χ1) is 9.36. The number of hydrogen-bond donors (Lipinski definition) is 1. The van der Waals surface area contributed by atoms with Crippen LogP contribution in [-0.4, -0.2) is 65.9 Å². The van der Waals surface area contributed by atoms with Crippen LogP contribution >= 0.6 is 0 Å². The van der Waals surface area contributed by atoms with Crippen LogP contribution in [0.5, 0.6) is 0 Å². The molecule has 0 atom stereocenters. The van der Waals surface area contributed by atoms with E-state index in [-0.39, 0.29) is 32.3 Å². The SMILES string of the molecule is CCOC(=O)CN(C(=O)CN1C(=O)CNC1=O)C(C)C. The van der Waals surface area contributed by atoms with Crippen molar-refractivity contribution < 1.29 is 23.9 Å². The minimum Gasteiger partial charge on any atom is -0.465 e. The molecule has 112 valence electrons. The van der Waals surface area contributed by atoms with Crippen LogP contribution in [0.2, 0.25) is 0 Å². The van der Waals surface area contributed by atoms with Crippen molar-refractivity contribution in [1.82, 2.24) is 15.1 Å². The summed E-state index contributed by atoms with van der Waals surface area (Å²) in [5.41, 5.74) is 0. The second kappa shape index (κ2) is 6.88. The van der Waals surface area contributed by atoms with Gasteiger partial charge in [0.15, 0.2) is 0 Å². The molecule has 0 aromatic carbocycles. The number of carbonyl (C=O) groups excluding carboxylic acids is 4. The first-order valence-electron chi connectivity index (χ1n) is 6.40. The van der Waals surface area contributed by atoms with Crippen molar-refractivity contribution >= 4 is 23.8 Å². The number of hydrogen-bond acceptors (Lipinski definition) is 5. The summed E-state index contributed by atoms with van der Waals surface area (Å²) in [6, 6.07) is -0.837. The van der Waals surface area contributed by atoms with E-state index < -0.39 is 23.8 Å². The van der Waals surface area contributed by atoms with Gasteiger partial charge in [0.05, 0.1) is 13.2 Å². The monoisotopic (exact) mass is 285 g/mol. The van der Waals surface area contributed by atoms with Gasteiger partial charge in [0.2, 0.25) is 5.91 Å². The number of ether oxygens (including phenoxy) is 1. The minimum absolute atomic E-state index is 0.105. The maximum atomic E-state index is 12.1. The molecule has 0 aliphatic carbocycles. The van der Waals surface area contributed by atoms with Crippen molar-refractivity contribution in [3.05, 3.63) is 0 Å². The lowest BCUT2D eigenvalue weighted by Crippen LogP contribution is -2.47. The second-order valence-corrected chi connectivity index (χ2v) is 4.56. The van der Waals surface area contributed by atoms with Gasteiger partial charge in [-0.2, -0.15) is 0 Å². The van der Waals surface area contributed by atoms with Gasteiger partial charge in [0, 0.05) is 6.04 Å². The Kier molecular flexibility index (Phi) is 5.48. The number of imide groups is 1. The third kappa shape index (κ3) is 3.94. The average molecular weight is 285 g/mol. The molecule has 1 rings (SSSR count). The lowest BCUT2D eigenvalue weighted by Gasteiger charge is -2.27. The van der Waals surface area contributed by atoms with Gasteiger partial charge in [-0.1, -0.05) is 0 Å². The lowest BCUT2D eigenvalue weighted by molar-refractivity contribution is -0.150.